The maximum absolute atomic E-state index is 13.5. The van der Waals surface area contributed by atoms with E-state index in [-0.39, 0.29) is 36.2 Å². The normalized spacial score (nSPS) is 23.2. The van der Waals surface area contributed by atoms with E-state index in [0.717, 1.165) is 22.2 Å². The molecule has 1 aromatic heterocycles. The minimum absolute atomic E-state index is 0.0287. The summed E-state index contributed by atoms with van der Waals surface area (Å²) >= 11 is 6.19. The number of H-pyrrole nitrogens is 1. The van der Waals surface area contributed by atoms with E-state index in [1.54, 1.807) is 4.90 Å². The Morgan fingerprint density at radius 1 is 1.26 bits per heavy atom. The minimum Gasteiger partial charge on any atom is -0.356 e. The lowest BCUT2D eigenvalue weighted by atomic mass is 9.85. The van der Waals surface area contributed by atoms with Crippen molar-refractivity contribution in [3.63, 3.8) is 0 Å². The number of carbonyl (C=O) groups is 3. The number of fused-ring (bicyclic) bond motifs is 4. The van der Waals surface area contributed by atoms with E-state index in [1.165, 1.54) is 0 Å². The Morgan fingerprint density at radius 3 is 2.68 bits per heavy atom. The van der Waals surface area contributed by atoms with Crippen molar-refractivity contribution in [3.05, 3.63) is 34.5 Å². The monoisotopic (exact) mass is 444 g/mol. The lowest BCUT2D eigenvalue weighted by Gasteiger charge is -2.46. The van der Waals surface area contributed by atoms with Crippen LogP contribution in [-0.4, -0.2) is 45.7 Å². The van der Waals surface area contributed by atoms with Gasteiger partial charge < -0.3 is 20.5 Å². The van der Waals surface area contributed by atoms with Crippen LogP contribution in [0.2, 0.25) is 5.02 Å². The SMILES string of the molecule is CC(C)C[C@H]1c2[nH]c3cc(Cl)ccc3c2C[C@H]2C(=O)NC(CC(=O)NC(C)C)C(=O)N21. The van der Waals surface area contributed by atoms with Crippen LogP contribution >= 0.6 is 11.6 Å². The molecule has 166 valence electrons. The molecule has 0 spiro atoms. The van der Waals surface area contributed by atoms with Gasteiger partial charge in [-0.15, -0.1) is 0 Å². The molecule has 31 heavy (non-hydrogen) atoms. The van der Waals surface area contributed by atoms with Crippen molar-refractivity contribution in [3.8, 4) is 0 Å². The van der Waals surface area contributed by atoms with Crippen LogP contribution in [0.15, 0.2) is 18.2 Å². The van der Waals surface area contributed by atoms with Gasteiger partial charge in [-0.1, -0.05) is 31.5 Å². The topological polar surface area (TPSA) is 94.3 Å². The first kappa shape index (κ1) is 21.7. The summed E-state index contributed by atoms with van der Waals surface area (Å²) in [5.41, 5.74) is 2.94. The summed E-state index contributed by atoms with van der Waals surface area (Å²) in [5, 5.41) is 7.27. The summed E-state index contributed by atoms with van der Waals surface area (Å²) in [6, 6.07) is 3.98. The number of nitrogens with one attached hydrogen (secondary N) is 3. The molecule has 0 aliphatic carbocycles. The van der Waals surface area contributed by atoms with Crippen molar-refractivity contribution in [1.82, 2.24) is 20.5 Å². The number of halogens is 1. The van der Waals surface area contributed by atoms with Gasteiger partial charge in [0.05, 0.1) is 12.5 Å². The number of hydrogen-bond donors (Lipinski definition) is 3. The average molecular weight is 445 g/mol. The van der Waals surface area contributed by atoms with Crippen LogP contribution in [0, 0.1) is 5.92 Å². The van der Waals surface area contributed by atoms with E-state index >= 15 is 0 Å². The molecule has 3 amide bonds. The molecule has 7 nitrogen and oxygen atoms in total. The second-order valence-electron chi connectivity index (χ2n) is 9.31. The summed E-state index contributed by atoms with van der Waals surface area (Å²) in [6.07, 6.45) is 1.09. The number of piperazine rings is 1. The van der Waals surface area contributed by atoms with Crippen LogP contribution in [0.25, 0.3) is 10.9 Å². The molecule has 4 rings (SSSR count). The van der Waals surface area contributed by atoms with E-state index in [2.05, 4.69) is 29.5 Å². The fraction of sp³-hybridized carbons (Fsp3) is 0.522. The smallest absolute Gasteiger partial charge is 0.246 e. The molecule has 1 unspecified atom stereocenters. The molecule has 0 saturated carbocycles. The molecule has 3 atom stereocenters. The zero-order chi connectivity index (χ0) is 22.4. The summed E-state index contributed by atoms with van der Waals surface area (Å²) < 4.78 is 0. The molecule has 3 heterocycles. The van der Waals surface area contributed by atoms with Gasteiger partial charge in [0.2, 0.25) is 17.7 Å². The third-order valence-corrected chi connectivity index (χ3v) is 6.24. The Hall–Kier alpha value is -2.54. The second kappa shape index (κ2) is 8.19. The highest BCUT2D eigenvalue weighted by Gasteiger charge is 2.48. The van der Waals surface area contributed by atoms with Crippen molar-refractivity contribution < 1.29 is 14.4 Å². The largest absolute Gasteiger partial charge is 0.356 e. The third kappa shape index (κ3) is 4.03. The van der Waals surface area contributed by atoms with Crippen molar-refractivity contribution in [2.24, 2.45) is 5.92 Å². The predicted octanol–water partition coefficient (Wildman–Crippen LogP) is 3.07. The van der Waals surface area contributed by atoms with Gasteiger partial charge in [-0.3, -0.25) is 14.4 Å². The van der Waals surface area contributed by atoms with Gasteiger partial charge in [0, 0.05) is 34.1 Å². The van der Waals surface area contributed by atoms with Gasteiger partial charge >= 0.3 is 0 Å². The highest BCUT2D eigenvalue weighted by molar-refractivity contribution is 6.31. The second-order valence-corrected chi connectivity index (χ2v) is 9.74. The van der Waals surface area contributed by atoms with Gasteiger partial charge in [-0.05, 0) is 43.9 Å². The number of rotatable bonds is 5. The van der Waals surface area contributed by atoms with Gasteiger partial charge in [0.25, 0.3) is 0 Å². The zero-order valence-electron chi connectivity index (χ0n) is 18.3. The minimum atomic E-state index is -0.850. The Labute approximate surface area is 186 Å². The standard InChI is InChI=1S/C23H29ClN4O3/c1-11(2)7-18-21-15(14-6-5-13(24)8-16(14)26-21)9-19-22(30)27-17(23(31)28(18)19)10-20(29)25-12(3)4/h5-6,8,11-12,17-19,26H,7,9-10H2,1-4H3,(H,25,29)(H,27,30)/t17?,18-,19-/m0/s1. The highest BCUT2D eigenvalue weighted by atomic mass is 35.5. The van der Waals surface area contributed by atoms with E-state index in [4.69, 9.17) is 11.6 Å². The molecule has 0 radical (unpaired) electrons. The molecule has 2 aliphatic heterocycles. The maximum Gasteiger partial charge on any atom is 0.246 e. The summed E-state index contributed by atoms with van der Waals surface area (Å²) in [6.45, 7) is 7.93. The number of carbonyl (C=O) groups excluding carboxylic acids is 3. The maximum atomic E-state index is 13.5. The van der Waals surface area contributed by atoms with Gasteiger partial charge in [0.1, 0.15) is 12.1 Å². The van der Waals surface area contributed by atoms with E-state index < -0.39 is 12.1 Å². The summed E-state index contributed by atoms with van der Waals surface area (Å²) in [5.74, 6) is -0.335. The predicted molar refractivity (Wildman–Crippen MR) is 120 cm³/mol. The molecule has 8 heteroatoms. The van der Waals surface area contributed by atoms with Crippen LogP contribution in [0.1, 0.15) is 57.8 Å². The number of benzene rings is 1. The molecule has 1 fully saturated rings. The number of hydrogen-bond acceptors (Lipinski definition) is 3. The number of aromatic nitrogens is 1. The molecule has 0 bridgehead atoms. The first-order valence-corrected chi connectivity index (χ1v) is 11.3. The van der Waals surface area contributed by atoms with E-state index in [9.17, 15) is 14.4 Å². The van der Waals surface area contributed by atoms with Crippen LogP contribution in [0.4, 0.5) is 0 Å². The van der Waals surface area contributed by atoms with E-state index in [1.807, 2.05) is 32.0 Å². The fourth-order valence-corrected chi connectivity index (χ4v) is 4.99. The number of nitrogens with zero attached hydrogens (tertiary/aromatic N) is 1. The molecular weight excluding hydrogens is 416 g/mol. The van der Waals surface area contributed by atoms with Crippen LogP contribution in [0.3, 0.4) is 0 Å². The van der Waals surface area contributed by atoms with Crippen molar-refractivity contribution in [2.45, 2.75) is 71.1 Å². The van der Waals surface area contributed by atoms with Gasteiger partial charge in [0.15, 0.2) is 0 Å². The first-order chi connectivity index (χ1) is 14.7. The van der Waals surface area contributed by atoms with Gasteiger partial charge in [-0.2, -0.15) is 0 Å². The third-order valence-electron chi connectivity index (χ3n) is 6.01. The number of amides is 3. The van der Waals surface area contributed by atoms with Crippen LogP contribution in [0.5, 0.6) is 0 Å². The lowest BCUT2D eigenvalue weighted by molar-refractivity contribution is -0.154. The summed E-state index contributed by atoms with van der Waals surface area (Å²) in [7, 11) is 0. The Bertz CT molecular complexity index is 1040. The molecule has 1 aromatic carbocycles. The van der Waals surface area contributed by atoms with E-state index in [0.29, 0.717) is 23.8 Å². The zero-order valence-corrected chi connectivity index (χ0v) is 19.0. The fourth-order valence-electron chi connectivity index (χ4n) is 4.82. The quantitative estimate of drug-likeness (QED) is 0.661. The Balaban J connectivity index is 1.73. The molecule has 1 saturated heterocycles. The Morgan fingerprint density at radius 2 is 2.00 bits per heavy atom. The Kier molecular flexibility index (Phi) is 5.73. The molecular formula is C23H29ClN4O3. The van der Waals surface area contributed by atoms with Crippen LogP contribution in [-0.2, 0) is 20.8 Å². The highest BCUT2D eigenvalue weighted by Crippen LogP contribution is 2.42. The summed E-state index contributed by atoms with van der Waals surface area (Å²) in [4.78, 5) is 44.0. The van der Waals surface area contributed by atoms with Crippen molar-refractivity contribution in [2.75, 3.05) is 0 Å². The average Bonchev–Trinajstić information content (AvgIpc) is 3.02. The first-order valence-electron chi connectivity index (χ1n) is 10.9. The molecule has 2 aliphatic rings. The van der Waals surface area contributed by atoms with Crippen LogP contribution < -0.4 is 10.6 Å². The van der Waals surface area contributed by atoms with Gasteiger partial charge in [-0.25, -0.2) is 0 Å². The molecule has 2 aromatic rings. The number of aromatic amines is 1. The lowest BCUT2D eigenvalue weighted by Crippen LogP contribution is -2.66. The molecule has 3 N–H and O–H groups in total. The van der Waals surface area contributed by atoms with Crippen molar-refractivity contribution in [1.29, 1.82) is 0 Å². The van der Waals surface area contributed by atoms with Crippen molar-refractivity contribution >= 4 is 40.2 Å².